The molecule has 1 aromatic carbocycles. The maximum atomic E-state index is 12.7. The number of nitrogens with zero attached hydrogens (tertiary/aromatic N) is 3. The van der Waals surface area contributed by atoms with E-state index in [9.17, 15) is 4.79 Å². The summed E-state index contributed by atoms with van der Waals surface area (Å²) in [6, 6.07) is 8.51. The van der Waals surface area contributed by atoms with Crippen LogP contribution in [0.25, 0.3) is 11.1 Å². The highest BCUT2D eigenvalue weighted by atomic mass is 16.4. The van der Waals surface area contributed by atoms with Gasteiger partial charge in [0, 0.05) is 38.6 Å². The number of carbonyl (C=O) groups is 1. The summed E-state index contributed by atoms with van der Waals surface area (Å²) in [4.78, 5) is 21.5. The first kappa shape index (κ1) is 15.4. The molecule has 2 saturated heterocycles. The number of piperidine rings is 1. The Labute approximate surface area is 141 Å². The highest BCUT2D eigenvalue weighted by Crippen LogP contribution is 2.27. The van der Waals surface area contributed by atoms with E-state index in [2.05, 4.69) is 15.2 Å². The van der Waals surface area contributed by atoms with E-state index in [1.807, 2.05) is 29.2 Å². The van der Waals surface area contributed by atoms with Gasteiger partial charge >= 0.3 is 0 Å². The van der Waals surface area contributed by atoms with Crippen molar-refractivity contribution in [3.05, 3.63) is 24.3 Å². The molecule has 1 amide bonds. The molecule has 6 heteroatoms. The van der Waals surface area contributed by atoms with Gasteiger partial charge in [0.25, 0.3) is 6.01 Å². The summed E-state index contributed by atoms with van der Waals surface area (Å²) >= 11 is 0. The van der Waals surface area contributed by atoms with E-state index >= 15 is 0 Å². The number of anilines is 1. The molecule has 2 aliphatic rings. The standard InChI is InChI=1S/C18H24N4O2/c23-17(21-10-3-8-19-9-13-21)14-6-11-22(12-7-14)18-20-15-4-1-2-5-16(15)24-18/h1-2,4-5,14,19H,3,6-13H2. The Morgan fingerprint density at radius 1 is 1.12 bits per heavy atom. The fourth-order valence-electron chi connectivity index (χ4n) is 3.64. The van der Waals surface area contributed by atoms with Gasteiger partial charge in [-0.05, 0) is 37.9 Å². The van der Waals surface area contributed by atoms with Crippen molar-refractivity contribution in [2.75, 3.05) is 44.2 Å². The number of hydrogen-bond acceptors (Lipinski definition) is 5. The highest BCUT2D eigenvalue weighted by molar-refractivity contribution is 5.79. The molecular weight excluding hydrogens is 304 g/mol. The predicted molar refractivity (Wildman–Crippen MR) is 93.0 cm³/mol. The van der Waals surface area contributed by atoms with Crippen molar-refractivity contribution in [2.24, 2.45) is 5.92 Å². The van der Waals surface area contributed by atoms with Crippen molar-refractivity contribution in [2.45, 2.75) is 19.3 Å². The van der Waals surface area contributed by atoms with Gasteiger partial charge < -0.3 is 19.5 Å². The van der Waals surface area contributed by atoms with Gasteiger partial charge in [-0.1, -0.05) is 12.1 Å². The zero-order valence-electron chi connectivity index (χ0n) is 13.9. The van der Waals surface area contributed by atoms with Gasteiger partial charge in [0.2, 0.25) is 5.91 Å². The number of hydrogen-bond donors (Lipinski definition) is 1. The lowest BCUT2D eigenvalue weighted by molar-refractivity contribution is -0.136. The van der Waals surface area contributed by atoms with Gasteiger partial charge in [-0.15, -0.1) is 0 Å². The topological polar surface area (TPSA) is 61.6 Å². The minimum atomic E-state index is 0.142. The molecule has 0 bridgehead atoms. The van der Waals surface area contributed by atoms with Crippen LogP contribution in [0.5, 0.6) is 0 Å². The van der Waals surface area contributed by atoms with Crippen LogP contribution in [0.15, 0.2) is 28.7 Å². The van der Waals surface area contributed by atoms with Gasteiger partial charge in [0.1, 0.15) is 5.52 Å². The smallest absolute Gasteiger partial charge is 0.298 e. The van der Waals surface area contributed by atoms with Crippen LogP contribution in [-0.4, -0.2) is 55.1 Å². The second-order valence-electron chi connectivity index (χ2n) is 6.65. The predicted octanol–water partition coefficient (Wildman–Crippen LogP) is 1.87. The Bertz CT molecular complexity index is 665. The molecule has 0 unspecified atom stereocenters. The van der Waals surface area contributed by atoms with E-state index in [0.29, 0.717) is 11.9 Å². The molecule has 0 spiro atoms. The molecule has 4 rings (SSSR count). The van der Waals surface area contributed by atoms with Crippen molar-refractivity contribution in [1.82, 2.24) is 15.2 Å². The number of oxazole rings is 1. The van der Waals surface area contributed by atoms with Crippen LogP contribution in [0.1, 0.15) is 19.3 Å². The van der Waals surface area contributed by atoms with Crippen LogP contribution in [0.4, 0.5) is 6.01 Å². The SMILES string of the molecule is O=C(C1CCN(c2nc3ccccc3o2)CC1)N1CCCNCC1. The average Bonchev–Trinajstić information content (AvgIpc) is 2.87. The maximum Gasteiger partial charge on any atom is 0.298 e. The Morgan fingerprint density at radius 3 is 2.79 bits per heavy atom. The minimum Gasteiger partial charge on any atom is -0.423 e. The number of fused-ring (bicyclic) bond motifs is 1. The highest BCUT2D eigenvalue weighted by Gasteiger charge is 2.30. The maximum absolute atomic E-state index is 12.7. The lowest BCUT2D eigenvalue weighted by atomic mass is 9.95. The molecule has 3 heterocycles. The Kier molecular flexibility index (Phi) is 4.38. The number of nitrogens with one attached hydrogen (secondary N) is 1. The van der Waals surface area contributed by atoms with E-state index < -0.39 is 0 Å². The molecule has 0 atom stereocenters. The van der Waals surface area contributed by atoms with Crippen molar-refractivity contribution in [3.8, 4) is 0 Å². The molecule has 0 radical (unpaired) electrons. The number of amides is 1. The van der Waals surface area contributed by atoms with Gasteiger partial charge in [-0.2, -0.15) is 4.98 Å². The van der Waals surface area contributed by atoms with Crippen LogP contribution < -0.4 is 10.2 Å². The molecule has 0 aliphatic carbocycles. The van der Waals surface area contributed by atoms with Crippen molar-refractivity contribution in [3.63, 3.8) is 0 Å². The first-order valence-corrected chi connectivity index (χ1v) is 8.91. The third kappa shape index (κ3) is 3.11. The number of para-hydroxylation sites is 2. The summed E-state index contributed by atoms with van der Waals surface area (Å²) in [5.74, 6) is 0.472. The van der Waals surface area contributed by atoms with Crippen LogP contribution in [0.2, 0.25) is 0 Å². The fourth-order valence-corrected chi connectivity index (χ4v) is 3.64. The average molecular weight is 328 g/mol. The summed E-state index contributed by atoms with van der Waals surface area (Å²) in [5.41, 5.74) is 1.71. The molecule has 1 N–H and O–H groups in total. The fraction of sp³-hybridized carbons (Fsp3) is 0.556. The Balaban J connectivity index is 1.38. The molecule has 2 fully saturated rings. The largest absolute Gasteiger partial charge is 0.423 e. The summed E-state index contributed by atoms with van der Waals surface area (Å²) in [6.07, 6.45) is 2.80. The lowest BCUT2D eigenvalue weighted by Crippen LogP contribution is -2.43. The summed E-state index contributed by atoms with van der Waals surface area (Å²) in [6.45, 7) is 5.30. The molecule has 6 nitrogen and oxygen atoms in total. The number of rotatable bonds is 2. The normalized spacial score (nSPS) is 20.3. The second kappa shape index (κ2) is 6.81. The Morgan fingerprint density at radius 2 is 1.96 bits per heavy atom. The van der Waals surface area contributed by atoms with Gasteiger partial charge in [0.15, 0.2) is 5.58 Å². The van der Waals surface area contributed by atoms with E-state index in [1.165, 1.54) is 0 Å². The molecular formula is C18H24N4O2. The third-order valence-corrected chi connectivity index (χ3v) is 5.05. The van der Waals surface area contributed by atoms with Crippen LogP contribution in [0, 0.1) is 5.92 Å². The quantitative estimate of drug-likeness (QED) is 0.912. The summed E-state index contributed by atoms with van der Waals surface area (Å²) in [5, 5.41) is 3.35. The van der Waals surface area contributed by atoms with E-state index in [4.69, 9.17) is 4.42 Å². The van der Waals surface area contributed by atoms with E-state index in [0.717, 1.165) is 69.6 Å². The van der Waals surface area contributed by atoms with E-state index in [-0.39, 0.29) is 5.92 Å². The Hall–Kier alpha value is -2.08. The molecule has 2 aliphatic heterocycles. The zero-order valence-corrected chi connectivity index (χ0v) is 13.9. The van der Waals surface area contributed by atoms with Crippen molar-refractivity contribution in [1.29, 1.82) is 0 Å². The second-order valence-corrected chi connectivity index (χ2v) is 6.65. The zero-order chi connectivity index (χ0) is 16.4. The number of benzene rings is 1. The van der Waals surface area contributed by atoms with Gasteiger partial charge in [0.05, 0.1) is 0 Å². The monoisotopic (exact) mass is 328 g/mol. The van der Waals surface area contributed by atoms with Crippen LogP contribution in [0.3, 0.4) is 0 Å². The first-order chi connectivity index (χ1) is 11.8. The van der Waals surface area contributed by atoms with Crippen LogP contribution in [-0.2, 0) is 4.79 Å². The molecule has 2 aromatic rings. The minimum absolute atomic E-state index is 0.142. The summed E-state index contributed by atoms with van der Waals surface area (Å²) < 4.78 is 5.85. The molecule has 0 saturated carbocycles. The van der Waals surface area contributed by atoms with Crippen molar-refractivity contribution < 1.29 is 9.21 Å². The lowest BCUT2D eigenvalue weighted by Gasteiger charge is -2.33. The van der Waals surface area contributed by atoms with Crippen LogP contribution >= 0.6 is 0 Å². The summed E-state index contributed by atoms with van der Waals surface area (Å²) in [7, 11) is 0. The molecule has 128 valence electrons. The third-order valence-electron chi connectivity index (χ3n) is 5.05. The number of aromatic nitrogens is 1. The van der Waals surface area contributed by atoms with Crippen molar-refractivity contribution >= 4 is 23.0 Å². The molecule has 24 heavy (non-hydrogen) atoms. The van der Waals surface area contributed by atoms with E-state index in [1.54, 1.807) is 0 Å². The van der Waals surface area contributed by atoms with Gasteiger partial charge in [-0.3, -0.25) is 4.79 Å². The van der Waals surface area contributed by atoms with Gasteiger partial charge in [-0.25, -0.2) is 0 Å². The molecule has 1 aromatic heterocycles. The number of carbonyl (C=O) groups excluding carboxylic acids is 1. The first-order valence-electron chi connectivity index (χ1n) is 8.91.